The molecule has 138 valence electrons. The Labute approximate surface area is 152 Å². The first-order chi connectivity index (χ1) is 12.3. The number of ether oxygens (including phenoxy) is 3. The fraction of sp³-hybridized carbons (Fsp3) is 0.222. The lowest BCUT2D eigenvalue weighted by molar-refractivity contribution is -1.92. The number of allylic oxidation sites excluding steroid dienone is 1. The normalized spacial score (nSPS) is 19.2. The Kier molecular flexibility index (Phi) is 4.83. The van der Waals surface area contributed by atoms with Crippen molar-refractivity contribution in [1.82, 2.24) is 0 Å². The molecule has 0 aliphatic carbocycles. The van der Waals surface area contributed by atoms with Crippen LogP contribution >= 0.6 is 0 Å². The molecule has 0 radical (unpaired) electrons. The fourth-order valence-electron chi connectivity index (χ4n) is 2.94. The first kappa shape index (κ1) is 18.5. The van der Waals surface area contributed by atoms with Crippen LogP contribution in [0.5, 0.6) is 11.5 Å². The van der Waals surface area contributed by atoms with Crippen LogP contribution in [0, 0.1) is 10.2 Å². The van der Waals surface area contributed by atoms with Crippen LogP contribution in [0.1, 0.15) is 23.6 Å². The highest BCUT2D eigenvalue weighted by atomic mass is 35.7. The third kappa shape index (κ3) is 3.35. The zero-order valence-corrected chi connectivity index (χ0v) is 15.1. The second kappa shape index (κ2) is 6.79. The molecule has 8 heteroatoms. The van der Waals surface area contributed by atoms with Crippen LogP contribution in [-0.2, 0) is 14.8 Å². The number of fused-ring (bicyclic) bond motifs is 1. The Balaban J connectivity index is 2.31. The van der Waals surface area contributed by atoms with E-state index in [1.54, 1.807) is 49.4 Å². The summed E-state index contributed by atoms with van der Waals surface area (Å²) in [5, 5.41) is 0. The van der Waals surface area contributed by atoms with Gasteiger partial charge in [0.2, 0.25) is 0 Å². The van der Waals surface area contributed by atoms with Crippen molar-refractivity contribution < 1.29 is 42.7 Å². The van der Waals surface area contributed by atoms with Crippen LogP contribution in [0.25, 0.3) is 6.08 Å². The minimum Gasteiger partial charge on any atom is -0.493 e. The van der Waals surface area contributed by atoms with Gasteiger partial charge >= 0.3 is 5.79 Å². The molecule has 3 rings (SSSR count). The molecule has 0 fully saturated rings. The molecule has 0 saturated carbocycles. The topological polar surface area (TPSA) is 106 Å². The molecule has 0 amide bonds. The molecule has 1 aliphatic heterocycles. The van der Waals surface area contributed by atoms with Crippen molar-refractivity contribution in [2.24, 2.45) is 0 Å². The van der Waals surface area contributed by atoms with Crippen LogP contribution in [0.3, 0.4) is 0 Å². The van der Waals surface area contributed by atoms with Crippen molar-refractivity contribution in [2.45, 2.75) is 12.7 Å². The Hall–Kier alpha value is -2.29. The summed E-state index contributed by atoms with van der Waals surface area (Å²) in [6.07, 6.45) is 1.69. The summed E-state index contributed by atoms with van der Waals surface area (Å²) in [5.41, 5.74) is 1.22. The molecule has 0 spiro atoms. The molecule has 2 aromatic rings. The second-order valence-electron chi connectivity index (χ2n) is 5.59. The maximum Gasteiger partial charge on any atom is 0.415 e. The Morgan fingerprint density at radius 3 is 2.15 bits per heavy atom. The van der Waals surface area contributed by atoms with E-state index >= 15 is 0 Å². The second-order valence-corrected chi connectivity index (χ2v) is 6.50. The van der Waals surface area contributed by atoms with Gasteiger partial charge in [0.1, 0.15) is 4.29 Å². The van der Waals surface area contributed by atoms with Gasteiger partial charge in [0, 0.05) is 5.56 Å². The Morgan fingerprint density at radius 2 is 1.58 bits per heavy atom. The molecule has 26 heavy (non-hydrogen) atoms. The Morgan fingerprint density at radius 1 is 0.962 bits per heavy atom. The van der Waals surface area contributed by atoms with E-state index < -0.39 is 16.0 Å². The molecule has 1 aliphatic rings. The maximum atomic E-state index is 11.5. The quantitative estimate of drug-likeness (QED) is 0.729. The number of halogens is 1. The van der Waals surface area contributed by atoms with Crippen molar-refractivity contribution in [3.8, 4) is 11.5 Å². The van der Waals surface area contributed by atoms with Gasteiger partial charge in [-0.15, -0.1) is 0 Å². The van der Waals surface area contributed by atoms with Gasteiger partial charge < -0.3 is 14.2 Å². The smallest absolute Gasteiger partial charge is 0.415 e. The lowest BCUT2D eigenvalue weighted by Crippen LogP contribution is -2.64. The zero-order chi connectivity index (χ0) is 18.9. The zero-order valence-electron chi connectivity index (χ0n) is 14.4. The fourth-order valence-corrected chi connectivity index (χ4v) is 3.41. The SMILES string of the molecule is COc1cc2c(cc1OC)C(O[Cl+3]([O-])([O-])[O-])(c1ccccc1)OC(C)=C2. The monoisotopic (exact) mass is 380 g/mol. The summed E-state index contributed by atoms with van der Waals surface area (Å²) in [7, 11) is -1.86. The van der Waals surface area contributed by atoms with E-state index in [4.69, 9.17) is 18.5 Å². The highest BCUT2D eigenvalue weighted by molar-refractivity contribution is 5.65. The lowest BCUT2D eigenvalue weighted by atomic mass is 9.90. The van der Waals surface area contributed by atoms with Crippen LogP contribution in [-0.4, -0.2) is 14.2 Å². The molecule has 1 heterocycles. The number of rotatable bonds is 5. The summed E-state index contributed by atoms with van der Waals surface area (Å²) < 4.78 is 55.9. The molecular formula is C18H17ClO7. The molecule has 0 aromatic heterocycles. The van der Waals surface area contributed by atoms with Crippen molar-refractivity contribution in [1.29, 1.82) is 0 Å². The third-order valence-electron chi connectivity index (χ3n) is 3.93. The molecule has 1 unspecified atom stereocenters. The van der Waals surface area contributed by atoms with Crippen molar-refractivity contribution in [3.05, 3.63) is 64.9 Å². The molecule has 7 nitrogen and oxygen atoms in total. The lowest BCUT2D eigenvalue weighted by Gasteiger charge is -2.34. The molecule has 0 bridgehead atoms. The van der Waals surface area contributed by atoms with Crippen LogP contribution in [0.2, 0.25) is 0 Å². The number of hydrogen-bond acceptors (Lipinski definition) is 7. The third-order valence-corrected chi connectivity index (χ3v) is 4.34. The van der Waals surface area contributed by atoms with E-state index in [-0.39, 0.29) is 0 Å². The molecule has 2 aromatic carbocycles. The van der Waals surface area contributed by atoms with Gasteiger partial charge in [-0.3, -0.25) is 0 Å². The highest BCUT2D eigenvalue weighted by Crippen LogP contribution is 2.47. The summed E-state index contributed by atoms with van der Waals surface area (Å²) in [6.45, 7) is 1.63. The predicted octanol–water partition coefficient (Wildman–Crippen LogP) is 0.210. The predicted molar refractivity (Wildman–Crippen MR) is 82.6 cm³/mol. The summed E-state index contributed by atoms with van der Waals surface area (Å²) in [4.78, 5) is 0. The van der Waals surface area contributed by atoms with Crippen molar-refractivity contribution in [3.63, 3.8) is 0 Å². The molecular weight excluding hydrogens is 364 g/mol. The standard InChI is InChI=1S/C18H17ClO7/c1-12-9-13-10-16(23-2)17(24-3)11-15(13)18(25-12,26-19(20,21)22)14-7-5-4-6-8-14/h4-11H,1-3H3. The molecule has 1 atom stereocenters. The van der Waals surface area contributed by atoms with Gasteiger partial charge in [-0.05, 0) is 30.7 Å². The van der Waals surface area contributed by atoms with E-state index in [9.17, 15) is 14.0 Å². The summed E-state index contributed by atoms with van der Waals surface area (Å²) in [6, 6.07) is 11.5. The van der Waals surface area contributed by atoms with E-state index in [0.29, 0.717) is 33.9 Å². The van der Waals surface area contributed by atoms with Crippen molar-refractivity contribution >= 4 is 6.08 Å². The van der Waals surface area contributed by atoms with Crippen LogP contribution in [0.4, 0.5) is 0 Å². The van der Waals surface area contributed by atoms with Crippen LogP contribution < -0.4 is 23.5 Å². The van der Waals surface area contributed by atoms with Gasteiger partial charge in [-0.25, -0.2) is 0 Å². The van der Waals surface area contributed by atoms with Gasteiger partial charge in [0.05, 0.1) is 35.8 Å². The largest absolute Gasteiger partial charge is 0.493 e. The minimum absolute atomic E-state index is 0.305. The summed E-state index contributed by atoms with van der Waals surface area (Å²) >= 11 is 0. The first-order valence-electron chi connectivity index (χ1n) is 7.60. The maximum absolute atomic E-state index is 11.5. The number of methoxy groups -OCH3 is 2. The molecule has 0 N–H and O–H groups in total. The number of hydrogen-bond donors (Lipinski definition) is 0. The van der Waals surface area contributed by atoms with Gasteiger partial charge in [-0.1, -0.05) is 30.3 Å². The van der Waals surface area contributed by atoms with Crippen LogP contribution in [0.15, 0.2) is 48.2 Å². The van der Waals surface area contributed by atoms with E-state index in [0.717, 1.165) is 0 Å². The van der Waals surface area contributed by atoms with Gasteiger partial charge in [0.25, 0.3) is 0 Å². The van der Waals surface area contributed by atoms with Gasteiger partial charge in [0.15, 0.2) is 11.5 Å². The van der Waals surface area contributed by atoms with Crippen molar-refractivity contribution in [2.75, 3.05) is 14.2 Å². The van der Waals surface area contributed by atoms with E-state index in [2.05, 4.69) is 0 Å². The minimum atomic E-state index is -4.80. The van der Waals surface area contributed by atoms with E-state index in [1.807, 2.05) is 0 Å². The summed E-state index contributed by atoms with van der Waals surface area (Å²) in [5.74, 6) is -0.822. The average Bonchev–Trinajstić information content (AvgIpc) is 2.59. The first-order valence-corrected chi connectivity index (χ1v) is 8.83. The Bertz CT molecular complexity index is 829. The number of benzene rings is 2. The van der Waals surface area contributed by atoms with E-state index in [1.165, 1.54) is 20.3 Å². The average molecular weight is 381 g/mol. The molecule has 0 saturated heterocycles. The highest BCUT2D eigenvalue weighted by Gasteiger charge is 2.55. The van der Waals surface area contributed by atoms with Gasteiger partial charge in [-0.2, -0.15) is 14.0 Å².